The molecule has 0 fully saturated rings. The summed E-state index contributed by atoms with van der Waals surface area (Å²) in [5, 5.41) is 7.11. The molecular weight excluding hydrogens is 695 g/mol. The van der Waals surface area contributed by atoms with Gasteiger partial charge in [-0.15, -0.1) is 0 Å². The molecule has 1 unspecified atom stereocenters. The van der Waals surface area contributed by atoms with Crippen LogP contribution in [-0.2, 0) is 0 Å². The van der Waals surface area contributed by atoms with Crippen molar-refractivity contribution in [2.45, 2.75) is 12.3 Å². The minimum Gasteiger partial charge on any atom is -0.455 e. The van der Waals surface area contributed by atoms with Crippen molar-refractivity contribution in [2.24, 2.45) is 4.99 Å². The summed E-state index contributed by atoms with van der Waals surface area (Å²) in [4.78, 5) is 4.90. The third kappa shape index (κ3) is 4.77. The number of nitrogens with zero attached hydrogens (tertiary/aromatic N) is 3. The first-order valence-corrected chi connectivity index (χ1v) is 19.6. The smallest absolute Gasteiger partial charge is 0.142 e. The fourth-order valence-electron chi connectivity index (χ4n) is 9.50. The maximum Gasteiger partial charge on any atom is 0.142 e. The molecule has 1 aliphatic heterocycles. The monoisotopic (exact) mass is 729 g/mol. The number of aromatic nitrogens is 2. The van der Waals surface area contributed by atoms with E-state index in [1.807, 2.05) is 18.5 Å². The van der Waals surface area contributed by atoms with Crippen LogP contribution in [-0.4, -0.2) is 15.3 Å². The first-order valence-electron chi connectivity index (χ1n) is 19.6. The van der Waals surface area contributed by atoms with Crippen molar-refractivity contribution < 1.29 is 4.42 Å². The van der Waals surface area contributed by atoms with Crippen LogP contribution in [0.25, 0.3) is 88.6 Å². The van der Waals surface area contributed by atoms with Crippen molar-refractivity contribution in [2.75, 3.05) is 0 Å². The lowest BCUT2D eigenvalue weighted by molar-refractivity contribution is 0.667. The van der Waals surface area contributed by atoms with Gasteiger partial charge in [0.2, 0.25) is 0 Å². The third-order valence-electron chi connectivity index (χ3n) is 12.0. The van der Waals surface area contributed by atoms with Crippen LogP contribution in [0.2, 0.25) is 0 Å². The number of allylic oxidation sites excluding steroid dienone is 6. The maximum atomic E-state index is 6.55. The Balaban J connectivity index is 1.13. The standard InChI is InChI=1S/C53H35N3O/c1-2-14-34(15-3-1)37-16-4-5-17-40-39(37)22-13-26-47(40)56-48-25-10-7-20-45(48)51-49(56)29-28-43-41-18-6-9-24-46(41)55(52(43)51)36-32-35(30-31-54-33-36)38-21-12-23-44-42-19-8-11-27-50(42)57-53(38)44/h1-29,31-33,37H,30H2. The number of para-hydroxylation sites is 4. The van der Waals surface area contributed by atoms with Crippen LogP contribution in [0, 0.1) is 0 Å². The van der Waals surface area contributed by atoms with Gasteiger partial charge in [-0.1, -0.05) is 146 Å². The Morgan fingerprint density at radius 1 is 0.579 bits per heavy atom. The predicted molar refractivity (Wildman–Crippen MR) is 239 cm³/mol. The molecule has 0 saturated heterocycles. The molecule has 0 radical (unpaired) electrons. The molecule has 10 aromatic rings. The maximum absolute atomic E-state index is 6.55. The molecule has 268 valence electrons. The summed E-state index contributed by atoms with van der Waals surface area (Å²) in [5.74, 6) is 0.146. The average molecular weight is 730 g/mol. The summed E-state index contributed by atoms with van der Waals surface area (Å²) in [7, 11) is 0. The van der Waals surface area contributed by atoms with Crippen LogP contribution in [0.3, 0.4) is 0 Å². The molecule has 7 aromatic carbocycles. The van der Waals surface area contributed by atoms with E-state index in [-0.39, 0.29) is 5.92 Å². The van der Waals surface area contributed by atoms with E-state index in [0.29, 0.717) is 6.42 Å². The summed E-state index contributed by atoms with van der Waals surface area (Å²) < 4.78 is 11.5. The molecule has 1 atom stereocenters. The quantitative estimate of drug-likeness (QED) is 0.178. The molecule has 3 aromatic heterocycles. The second-order valence-corrected chi connectivity index (χ2v) is 15.0. The molecule has 0 saturated carbocycles. The highest BCUT2D eigenvalue weighted by Crippen LogP contribution is 2.45. The van der Waals surface area contributed by atoms with Crippen LogP contribution >= 0.6 is 0 Å². The van der Waals surface area contributed by atoms with E-state index in [9.17, 15) is 0 Å². The fraction of sp³-hybridized carbons (Fsp3) is 0.0377. The van der Waals surface area contributed by atoms with E-state index < -0.39 is 0 Å². The van der Waals surface area contributed by atoms with Gasteiger partial charge in [-0.25, -0.2) is 0 Å². The van der Waals surface area contributed by atoms with Crippen LogP contribution < -0.4 is 0 Å². The Hall–Kier alpha value is -7.43. The number of aliphatic imine (C=N–C) groups is 1. The Morgan fingerprint density at radius 3 is 2.23 bits per heavy atom. The number of hydrogen-bond acceptors (Lipinski definition) is 2. The third-order valence-corrected chi connectivity index (χ3v) is 12.0. The summed E-state index contributed by atoms with van der Waals surface area (Å²) >= 11 is 0. The molecule has 0 spiro atoms. The fourth-order valence-corrected chi connectivity index (χ4v) is 9.50. The topological polar surface area (TPSA) is 35.4 Å². The van der Waals surface area contributed by atoms with Crippen molar-refractivity contribution in [3.05, 3.63) is 204 Å². The van der Waals surface area contributed by atoms with Gasteiger partial charge in [0.05, 0.1) is 39.7 Å². The van der Waals surface area contributed by atoms with E-state index in [0.717, 1.165) is 49.8 Å². The van der Waals surface area contributed by atoms with Gasteiger partial charge < -0.3 is 13.6 Å². The predicted octanol–water partition coefficient (Wildman–Crippen LogP) is 13.9. The summed E-state index contributed by atoms with van der Waals surface area (Å²) in [6.45, 7) is 0. The highest BCUT2D eigenvalue weighted by Gasteiger charge is 2.25. The molecule has 57 heavy (non-hydrogen) atoms. The lowest BCUT2D eigenvalue weighted by atomic mass is 9.88. The number of benzene rings is 7. The van der Waals surface area contributed by atoms with E-state index in [2.05, 4.69) is 185 Å². The Bertz CT molecular complexity index is 3430. The van der Waals surface area contributed by atoms with Crippen LogP contribution in [0.5, 0.6) is 0 Å². The highest BCUT2D eigenvalue weighted by atomic mass is 16.3. The Morgan fingerprint density at radius 2 is 1.33 bits per heavy atom. The Labute approximate surface area is 328 Å². The van der Waals surface area contributed by atoms with Gasteiger partial charge in [0, 0.05) is 62.0 Å². The molecule has 12 rings (SSSR count). The van der Waals surface area contributed by atoms with Crippen LogP contribution in [0.1, 0.15) is 34.6 Å². The summed E-state index contributed by atoms with van der Waals surface area (Å²) in [6.07, 6.45) is 16.0. The molecule has 0 bridgehead atoms. The average Bonchev–Trinajstić information content (AvgIpc) is 3.77. The minimum atomic E-state index is 0.146. The van der Waals surface area contributed by atoms with E-state index in [4.69, 9.17) is 9.41 Å². The number of rotatable bonds is 4. The van der Waals surface area contributed by atoms with Crippen molar-refractivity contribution in [3.8, 4) is 5.69 Å². The zero-order valence-corrected chi connectivity index (χ0v) is 31.0. The molecular formula is C53H35N3O. The SMILES string of the molecule is C1=Cc2c(cccc2-n2c3ccccc3c3c4c(ccc32)c2ccccc2n4C2=CN=CCC(c3cccc4c3oc3ccccc34)=C2)C(c2ccccc2)C=C1. The molecule has 2 aliphatic rings. The van der Waals surface area contributed by atoms with E-state index >= 15 is 0 Å². The zero-order chi connectivity index (χ0) is 37.5. The molecule has 0 amide bonds. The lowest BCUT2D eigenvalue weighted by Crippen LogP contribution is -2.04. The van der Waals surface area contributed by atoms with E-state index in [1.165, 1.54) is 55.0 Å². The first kappa shape index (κ1) is 31.9. The van der Waals surface area contributed by atoms with Crippen molar-refractivity contribution >= 4 is 89.1 Å². The van der Waals surface area contributed by atoms with Gasteiger partial charge in [0.25, 0.3) is 0 Å². The normalized spacial score (nSPS) is 15.5. The molecule has 1 aliphatic carbocycles. The molecule has 0 N–H and O–H groups in total. The Kier molecular flexibility index (Phi) is 7.02. The second kappa shape index (κ2) is 12.6. The molecule has 4 heterocycles. The van der Waals surface area contributed by atoms with Gasteiger partial charge in [-0.2, -0.15) is 0 Å². The first-order chi connectivity index (χ1) is 28.3. The van der Waals surface area contributed by atoms with Crippen LogP contribution in [0.15, 0.2) is 192 Å². The largest absolute Gasteiger partial charge is 0.455 e. The van der Waals surface area contributed by atoms with Gasteiger partial charge in [0.15, 0.2) is 0 Å². The molecule has 4 nitrogen and oxygen atoms in total. The van der Waals surface area contributed by atoms with Crippen molar-refractivity contribution in [1.82, 2.24) is 9.13 Å². The number of furan rings is 1. The zero-order valence-electron chi connectivity index (χ0n) is 31.0. The van der Waals surface area contributed by atoms with Crippen molar-refractivity contribution in [3.63, 3.8) is 0 Å². The minimum absolute atomic E-state index is 0.146. The number of fused-ring (bicyclic) bond motifs is 11. The summed E-state index contributed by atoms with van der Waals surface area (Å²) in [6, 6.07) is 54.7. The van der Waals surface area contributed by atoms with Gasteiger partial charge >= 0.3 is 0 Å². The second-order valence-electron chi connectivity index (χ2n) is 15.0. The molecule has 4 heteroatoms. The number of hydrogen-bond donors (Lipinski definition) is 0. The van der Waals surface area contributed by atoms with Gasteiger partial charge in [-0.05, 0) is 53.1 Å². The van der Waals surface area contributed by atoms with E-state index in [1.54, 1.807) is 0 Å². The van der Waals surface area contributed by atoms with Gasteiger partial charge in [0.1, 0.15) is 11.2 Å². The summed E-state index contributed by atoms with van der Waals surface area (Å²) in [5.41, 5.74) is 14.7. The van der Waals surface area contributed by atoms with Crippen LogP contribution in [0.4, 0.5) is 0 Å². The highest BCUT2D eigenvalue weighted by molar-refractivity contribution is 6.27. The van der Waals surface area contributed by atoms with Crippen molar-refractivity contribution in [1.29, 1.82) is 0 Å². The lowest BCUT2D eigenvalue weighted by Gasteiger charge is -2.20. The van der Waals surface area contributed by atoms with Gasteiger partial charge in [-0.3, -0.25) is 4.99 Å².